The maximum atomic E-state index is 11.7. The van der Waals surface area contributed by atoms with Gasteiger partial charge in [0.15, 0.2) is 0 Å². The van der Waals surface area contributed by atoms with E-state index in [1.54, 1.807) is 11.3 Å². The van der Waals surface area contributed by atoms with Gasteiger partial charge in [0.1, 0.15) is 0 Å². The summed E-state index contributed by atoms with van der Waals surface area (Å²) in [6, 6.07) is 2.05. The van der Waals surface area contributed by atoms with Crippen LogP contribution in [0.3, 0.4) is 0 Å². The molecular formula is C12H18N2OS. The summed E-state index contributed by atoms with van der Waals surface area (Å²) in [4.78, 5) is 12.9. The second-order valence-corrected chi connectivity index (χ2v) is 5.69. The molecule has 88 valence electrons. The van der Waals surface area contributed by atoms with Gasteiger partial charge in [0.05, 0.1) is 6.42 Å². The van der Waals surface area contributed by atoms with Crippen LogP contribution in [0.5, 0.6) is 0 Å². The van der Waals surface area contributed by atoms with Crippen molar-refractivity contribution in [3.63, 3.8) is 0 Å². The lowest BCUT2D eigenvalue weighted by Crippen LogP contribution is -2.34. The number of aryl methyl sites for hydroxylation is 1. The highest BCUT2D eigenvalue weighted by Crippen LogP contribution is 2.43. The van der Waals surface area contributed by atoms with E-state index < -0.39 is 0 Å². The molecule has 16 heavy (non-hydrogen) atoms. The van der Waals surface area contributed by atoms with E-state index in [0.29, 0.717) is 13.0 Å². The average molecular weight is 238 g/mol. The molecule has 0 aromatic carbocycles. The Morgan fingerprint density at radius 1 is 1.62 bits per heavy atom. The lowest BCUT2D eigenvalue weighted by Gasteiger charge is -2.13. The summed E-state index contributed by atoms with van der Waals surface area (Å²) >= 11 is 1.65. The Hall–Kier alpha value is -0.870. The molecule has 0 spiro atoms. The monoisotopic (exact) mass is 238 g/mol. The van der Waals surface area contributed by atoms with Gasteiger partial charge >= 0.3 is 0 Å². The van der Waals surface area contributed by atoms with Crippen LogP contribution < -0.4 is 11.1 Å². The van der Waals surface area contributed by atoms with Gasteiger partial charge in [-0.2, -0.15) is 0 Å². The van der Waals surface area contributed by atoms with E-state index in [9.17, 15) is 4.79 Å². The highest BCUT2D eigenvalue weighted by molar-refractivity contribution is 7.10. The number of amides is 1. The molecule has 1 saturated carbocycles. The van der Waals surface area contributed by atoms with Crippen molar-refractivity contribution in [2.45, 2.75) is 26.2 Å². The summed E-state index contributed by atoms with van der Waals surface area (Å²) in [5.41, 5.74) is 7.10. The SMILES string of the molecule is Cc1ccsc1CC(=O)NCC1(CN)CC1. The van der Waals surface area contributed by atoms with Crippen LogP contribution in [0.1, 0.15) is 23.3 Å². The van der Waals surface area contributed by atoms with Crippen LogP contribution in [0, 0.1) is 12.3 Å². The Bertz CT molecular complexity index is 382. The summed E-state index contributed by atoms with van der Waals surface area (Å²) in [5.74, 6) is 0.116. The molecule has 1 amide bonds. The van der Waals surface area contributed by atoms with E-state index in [0.717, 1.165) is 24.3 Å². The number of hydrogen-bond acceptors (Lipinski definition) is 3. The predicted octanol–water partition coefficient (Wildman–Crippen LogP) is 1.45. The smallest absolute Gasteiger partial charge is 0.225 e. The van der Waals surface area contributed by atoms with E-state index >= 15 is 0 Å². The van der Waals surface area contributed by atoms with Gasteiger partial charge in [-0.25, -0.2) is 0 Å². The van der Waals surface area contributed by atoms with Crippen LogP contribution in [0.25, 0.3) is 0 Å². The van der Waals surface area contributed by atoms with Crippen LogP contribution >= 0.6 is 11.3 Å². The Morgan fingerprint density at radius 3 is 2.88 bits per heavy atom. The zero-order valence-corrected chi connectivity index (χ0v) is 10.4. The molecule has 1 fully saturated rings. The molecule has 3 nitrogen and oxygen atoms in total. The molecule has 1 aliphatic rings. The normalized spacial score (nSPS) is 17.1. The van der Waals surface area contributed by atoms with Crippen LogP contribution in [0.4, 0.5) is 0 Å². The summed E-state index contributed by atoms with van der Waals surface area (Å²) < 4.78 is 0. The fraction of sp³-hybridized carbons (Fsp3) is 0.583. The molecule has 0 saturated heterocycles. The van der Waals surface area contributed by atoms with Crippen molar-refractivity contribution in [3.05, 3.63) is 21.9 Å². The zero-order valence-electron chi connectivity index (χ0n) is 9.58. The fourth-order valence-electron chi connectivity index (χ4n) is 1.71. The molecule has 0 aliphatic heterocycles. The third kappa shape index (κ3) is 2.62. The van der Waals surface area contributed by atoms with E-state index in [2.05, 4.69) is 11.4 Å². The fourth-order valence-corrected chi connectivity index (χ4v) is 2.61. The Balaban J connectivity index is 1.79. The maximum Gasteiger partial charge on any atom is 0.225 e. The number of nitrogens with one attached hydrogen (secondary N) is 1. The minimum atomic E-state index is 0.116. The number of thiophene rings is 1. The van der Waals surface area contributed by atoms with E-state index in [1.807, 2.05) is 12.3 Å². The zero-order chi connectivity index (χ0) is 11.6. The van der Waals surface area contributed by atoms with Crippen LogP contribution in [0.2, 0.25) is 0 Å². The van der Waals surface area contributed by atoms with E-state index in [-0.39, 0.29) is 11.3 Å². The molecule has 0 unspecified atom stereocenters. The average Bonchev–Trinajstić information content (AvgIpc) is 2.96. The Morgan fingerprint density at radius 2 is 2.38 bits per heavy atom. The second kappa shape index (κ2) is 4.55. The largest absolute Gasteiger partial charge is 0.355 e. The van der Waals surface area contributed by atoms with Crippen LogP contribution in [-0.4, -0.2) is 19.0 Å². The first-order valence-electron chi connectivity index (χ1n) is 5.65. The number of carbonyl (C=O) groups is 1. The van der Waals surface area contributed by atoms with Gasteiger partial charge in [0, 0.05) is 11.4 Å². The minimum Gasteiger partial charge on any atom is -0.355 e. The van der Waals surface area contributed by atoms with Crippen molar-refractivity contribution in [1.82, 2.24) is 5.32 Å². The van der Waals surface area contributed by atoms with Gasteiger partial charge in [-0.05, 0) is 48.7 Å². The summed E-state index contributed by atoms with van der Waals surface area (Å²) in [6.45, 7) is 3.47. The molecule has 3 N–H and O–H groups in total. The molecule has 1 aliphatic carbocycles. The second-order valence-electron chi connectivity index (χ2n) is 4.68. The molecule has 4 heteroatoms. The standard InChI is InChI=1S/C12H18N2OS/c1-9-2-5-16-10(9)6-11(15)14-8-12(7-13)3-4-12/h2,5H,3-4,6-8,13H2,1H3,(H,14,15). The van der Waals surface area contributed by atoms with Gasteiger partial charge in [0.2, 0.25) is 5.91 Å². The van der Waals surface area contributed by atoms with Gasteiger partial charge in [0.25, 0.3) is 0 Å². The van der Waals surface area contributed by atoms with E-state index in [4.69, 9.17) is 5.73 Å². The first kappa shape index (κ1) is 11.6. The summed E-state index contributed by atoms with van der Waals surface area (Å²) in [6.07, 6.45) is 2.81. The van der Waals surface area contributed by atoms with Crippen molar-refractivity contribution in [2.75, 3.05) is 13.1 Å². The topological polar surface area (TPSA) is 55.1 Å². The minimum absolute atomic E-state index is 0.116. The number of nitrogens with two attached hydrogens (primary N) is 1. The highest BCUT2D eigenvalue weighted by Gasteiger charge is 2.41. The van der Waals surface area contributed by atoms with Gasteiger partial charge in [-0.1, -0.05) is 0 Å². The van der Waals surface area contributed by atoms with Gasteiger partial charge < -0.3 is 11.1 Å². The molecule has 0 bridgehead atoms. The van der Waals surface area contributed by atoms with Crippen molar-refractivity contribution < 1.29 is 4.79 Å². The maximum absolute atomic E-state index is 11.7. The molecule has 1 heterocycles. The van der Waals surface area contributed by atoms with Crippen molar-refractivity contribution >= 4 is 17.2 Å². The first-order chi connectivity index (χ1) is 7.65. The van der Waals surface area contributed by atoms with Crippen molar-refractivity contribution in [3.8, 4) is 0 Å². The Kier molecular flexibility index (Phi) is 3.30. The molecule has 1 aromatic rings. The lowest BCUT2D eigenvalue weighted by atomic mass is 10.1. The molecule has 1 aromatic heterocycles. The number of hydrogen-bond donors (Lipinski definition) is 2. The highest BCUT2D eigenvalue weighted by atomic mass is 32.1. The lowest BCUT2D eigenvalue weighted by molar-refractivity contribution is -0.120. The van der Waals surface area contributed by atoms with Crippen molar-refractivity contribution in [1.29, 1.82) is 0 Å². The quantitative estimate of drug-likeness (QED) is 0.816. The molecule has 0 radical (unpaired) electrons. The van der Waals surface area contributed by atoms with Gasteiger partial charge in [-0.3, -0.25) is 4.79 Å². The number of carbonyl (C=O) groups excluding carboxylic acids is 1. The molecule has 2 rings (SSSR count). The Labute approximate surface area is 100 Å². The van der Waals surface area contributed by atoms with Crippen molar-refractivity contribution in [2.24, 2.45) is 11.1 Å². The number of rotatable bonds is 5. The summed E-state index contributed by atoms with van der Waals surface area (Å²) in [7, 11) is 0. The first-order valence-corrected chi connectivity index (χ1v) is 6.53. The molecular weight excluding hydrogens is 220 g/mol. The third-order valence-electron chi connectivity index (χ3n) is 3.34. The predicted molar refractivity (Wildman–Crippen MR) is 66.5 cm³/mol. The van der Waals surface area contributed by atoms with Crippen LogP contribution in [0.15, 0.2) is 11.4 Å². The summed E-state index contributed by atoms with van der Waals surface area (Å²) in [5, 5.41) is 5.02. The van der Waals surface area contributed by atoms with Crippen LogP contribution in [-0.2, 0) is 11.2 Å². The molecule has 0 atom stereocenters. The third-order valence-corrected chi connectivity index (χ3v) is 4.36. The van der Waals surface area contributed by atoms with E-state index in [1.165, 1.54) is 5.56 Å². The van der Waals surface area contributed by atoms with Gasteiger partial charge in [-0.15, -0.1) is 11.3 Å².